The number of hydrogen-bond acceptors (Lipinski definition) is 4. The molecule has 6 heteroatoms. The van der Waals surface area contributed by atoms with Gasteiger partial charge in [0.25, 0.3) is 0 Å². The molecule has 1 fully saturated rings. The van der Waals surface area contributed by atoms with Crippen LogP contribution in [0.5, 0.6) is 0 Å². The SMILES string of the molecule is CCn1cc(-c2ccc(N3CCOCC3)c(F)c2)c(=O)o1. The highest BCUT2D eigenvalue weighted by atomic mass is 19.1. The summed E-state index contributed by atoms with van der Waals surface area (Å²) < 4.78 is 26.0. The van der Waals surface area contributed by atoms with Crippen molar-refractivity contribution in [3.8, 4) is 11.1 Å². The second kappa shape index (κ2) is 5.73. The Hall–Kier alpha value is -2.08. The highest BCUT2D eigenvalue weighted by Gasteiger charge is 2.17. The molecule has 21 heavy (non-hydrogen) atoms. The zero-order valence-corrected chi connectivity index (χ0v) is 11.8. The first-order valence-electron chi connectivity index (χ1n) is 7.02. The van der Waals surface area contributed by atoms with E-state index in [1.54, 1.807) is 18.3 Å². The van der Waals surface area contributed by atoms with Crippen molar-refractivity contribution < 1.29 is 13.7 Å². The van der Waals surface area contributed by atoms with Gasteiger partial charge in [0.15, 0.2) is 0 Å². The molecule has 0 unspecified atom stereocenters. The summed E-state index contributed by atoms with van der Waals surface area (Å²) in [7, 11) is 0. The summed E-state index contributed by atoms with van der Waals surface area (Å²) in [4.78, 5) is 13.7. The zero-order chi connectivity index (χ0) is 14.8. The van der Waals surface area contributed by atoms with Crippen LogP contribution in [0.3, 0.4) is 0 Å². The van der Waals surface area contributed by atoms with E-state index in [1.807, 2.05) is 11.8 Å². The molecule has 1 saturated heterocycles. The third kappa shape index (κ3) is 2.71. The minimum atomic E-state index is -0.449. The summed E-state index contributed by atoms with van der Waals surface area (Å²) in [5.74, 6) is -0.335. The van der Waals surface area contributed by atoms with Crippen LogP contribution in [0.1, 0.15) is 6.92 Å². The Morgan fingerprint density at radius 2 is 2.05 bits per heavy atom. The van der Waals surface area contributed by atoms with Gasteiger partial charge >= 0.3 is 5.63 Å². The van der Waals surface area contributed by atoms with Crippen molar-refractivity contribution in [2.75, 3.05) is 31.2 Å². The van der Waals surface area contributed by atoms with E-state index < -0.39 is 5.63 Å². The number of ether oxygens (including phenoxy) is 1. The summed E-state index contributed by atoms with van der Waals surface area (Å²) >= 11 is 0. The lowest BCUT2D eigenvalue weighted by Gasteiger charge is -2.29. The Kier molecular flexibility index (Phi) is 3.79. The lowest BCUT2D eigenvalue weighted by atomic mass is 10.1. The second-order valence-corrected chi connectivity index (χ2v) is 4.92. The molecule has 0 N–H and O–H groups in total. The minimum Gasteiger partial charge on any atom is -0.378 e. The molecule has 2 heterocycles. The molecule has 0 radical (unpaired) electrons. The number of hydrogen-bond donors (Lipinski definition) is 0. The summed E-state index contributed by atoms with van der Waals surface area (Å²) in [6, 6.07) is 4.84. The summed E-state index contributed by atoms with van der Waals surface area (Å²) in [5.41, 5.74) is 1.01. The van der Waals surface area contributed by atoms with Crippen LogP contribution in [0, 0.1) is 5.82 Å². The lowest BCUT2D eigenvalue weighted by molar-refractivity contribution is 0.122. The number of halogens is 1. The van der Waals surface area contributed by atoms with Crippen LogP contribution >= 0.6 is 0 Å². The van der Waals surface area contributed by atoms with Crippen molar-refractivity contribution >= 4 is 5.69 Å². The number of rotatable bonds is 3. The summed E-state index contributed by atoms with van der Waals surface area (Å²) in [6.07, 6.45) is 1.60. The van der Waals surface area contributed by atoms with Crippen molar-refractivity contribution in [3.05, 3.63) is 40.6 Å². The van der Waals surface area contributed by atoms with Crippen LogP contribution in [0.2, 0.25) is 0 Å². The molecule has 0 bridgehead atoms. The maximum absolute atomic E-state index is 14.3. The third-order valence-electron chi connectivity index (χ3n) is 3.62. The molecule has 1 aliphatic heterocycles. The van der Waals surface area contributed by atoms with Gasteiger partial charge in [-0.2, -0.15) is 0 Å². The van der Waals surface area contributed by atoms with Gasteiger partial charge in [0.1, 0.15) is 5.82 Å². The smallest absolute Gasteiger partial charge is 0.365 e. The normalized spacial score (nSPS) is 15.4. The van der Waals surface area contributed by atoms with Gasteiger partial charge < -0.3 is 14.2 Å². The minimum absolute atomic E-state index is 0.335. The quantitative estimate of drug-likeness (QED) is 0.869. The van der Waals surface area contributed by atoms with Crippen molar-refractivity contribution in [1.82, 2.24) is 4.74 Å². The fourth-order valence-corrected chi connectivity index (χ4v) is 2.46. The molecule has 0 atom stereocenters. The van der Waals surface area contributed by atoms with Gasteiger partial charge in [-0.15, -0.1) is 0 Å². The van der Waals surface area contributed by atoms with Crippen LogP contribution < -0.4 is 10.5 Å². The van der Waals surface area contributed by atoms with Gasteiger partial charge in [-0.25, -0.2) is 13.9 Å². The molecule has 3 rings (SSSR count). The molecule has 1 aromatic heterocycles. The van der Waals surface area contributed by atoms with E-state index in [-0.39, 0.29) is 5.82 Å². The summed E-state index contributed by atoms with van der Waals surface area (Å²) in [5, 5.41) is 0. The predicted molar refractivity (Wildman–Crippen MR) is 77.1 cm³/mol. The Bertz CT molecular complexity index is 686. The van der Waals surface area contributed by atoms with Crippen LogP contribution in [-0.2, 0) is 11.3 Å². The highest BCUT2D eigenvalue weighted by Crippen LogP contribution is 2.25. The van der Waals surface area contributed by atoms with Gasteiger partial charge in [-0.1, -0.05) is 6.07 Å². The van der Waals surface area contributed by atoms with Crippen molar-refractivity contribution in [2.24, 2.45) is 0 Å². The molecule has 0 aliphatic carbocycles. The van der Waals surface area contributed by atoms with Gasteiger partial charge in [0.05, 0.1) is 37.2 Å². The third-order valence-corrected chi connectivity index (χ3v) is 3.62. The number of morpholine rings is 1. The fourth-order valence-electron chi connectivity index (χ4n) is 2.46. The van der Waals surface area contributed by atoms with Gasteiger partial charge in [0, 0.05) is 13.1 Å². The molecule has 0 spiro atoms. The Morgan fingerprint density at radius 3 is 2.67 bits per heavy atom. The maximum Gasteiger partial charge on any atom is 0.365 e. The van der Waals surface area contributed by atoms with Crippen LogP contribution in [0.15, 0.2) is 33.7 Å². The van der Waals surface area contributed by atoms with Crippen molar-refractivity contribution in [1.29, 1.82) is 0 Å². The van der Waals surface area contributed by atoms with Gasteiger partial charge in [0.2, 0.25) is 0 Å². The van der Waals surface area contributed by atoms with Crippen LogP contribution in [0.4, 0.5) is 10.1 Å². The van der Waals surface area contributed by atoms with E-state index in [1.165, 1.54) is 10.8 Å². The summed E-state index contributed by atoms with van der Waals surface area (Å²) in [6.45, 7) is 4.97. The largest absolute Gasteiger partial charge is 0.378 e. The first kappa shape index (κ1) is 13.9. The zero-order valence-electron chi connectivity index (χ0n) is 11.8. The first-order chi connectivity index (χ1) is 10.2. The standard InChI is InChI=1S/C15H17FN2O3/c1-2-18-10-12(15(19)21-18)11-3-4-14(13(16)9-11)17-5-7-20-8-6-17/h3-4,9-10H,2,5-8H2,1H3. The maximum atomic E-state index is 14.3. The topological polar surface area (TPSA) is 47.6 Å². The number of nitrogens with zero attached hydrogens (tertiary/aromatic N) is 2. The molecular weight excluding hydrogens is 275 g/mol. The highest BCUT2D eigenvalue weighted by molar-refractivity contribution is 5.65. The molecule has 0 amide bonds. The van der Waals surface area contributed by atoms with Gasteiger partial charge in [-0.3, -0.25) is 0 Å². The van der Waals surface area contributed by atoms with Gasteiger partial charge in [-0.05, 0) is 24.6 Å². The first-order valence-corrected chi connectivity index (χ1v) is 7.02. The Morgan fingerprint density at radius 1 is 1.29 bits per heavy atom. The molecule has 0 saturated carbocycles. The van der Waals surface area contributed by atoms with E-state index in [4.69, 9.17) is 9.26 Å². The number of benzene rings is 1. The fraction of sp³-hybridized carbons (Fsp3) is 0.400. The predicted octanol–water partition coefficient (Wildman–Crippen LogP) is 2.10. The van der Waals surface area contributed by atoms with E-state index in [0.717, 1.165) is 0 Å². The molecule has 1 aliphatic rings. The lowest BCUT2D eigenvalue weighted by Crippen LogP contribution is -2.36. The monoisotopic (exact) mass is 292 g/mol. The number of anilines is 1. The second-order valence-electron chi connectivity index (χ2n) is 4.92. The van der Waals surface area contributed by atoms with E-state index in [9.17, 15) is 9.18 Å². The average molecular weight is 292 g/mol. The van der Waals surface area contributed by atoms with Crippen LogP contribution in [-0.4, -0.2) is 31.0 Å². The molecule has 1 aromatic carbocycles. The Balaban J connectivity index is 1.93. The Labute approximate surface area is 121 Å². The van der Waals surface area contributed by atoms with Crippen molar-refractivity contribution in [2.45, 2.75) is 13.5 Å². The number of aromatic nitrogens is 1. The van der Waals surface area contributed by atoms with Crippen molar-refractivity contribution in [3.63, 3.8) is 0 Å². The average Bonchev–Trinajstić information content (AvgIpc) is 2.89. The molecule has 2 aromatic rings. The van der Waals surface area contributed by atoms with Crippen LogP contribution in [0.25, 0.3) is 11.1 Å². The van der Waals surface area contributed by atoms with E-state index >= 15 is 0 Å². The molecule has 5 nitrogen and oxygen atoms in total. The van der Waals surface area contributed by atoms with E-state index in [0.29, 0.717) is 49.7 Å². The molecule has 112 valence electrons. The number of aryl methyl sites for hydroxylation is 1. The molecular formula is C15H17FN2O3. The van der Waals surface area contributed by atoms with E-state index in [2.05, 4.69) is 0 Å².